The minimum Gasteiger partial charge on any atom is -0.456 e. The van der Waals surface area contributed by atoms with E-state index in [1.54, 1.807) is 0 Å². The molecule has 0 amide bonds. The molecule has 0 unspecified atom stereocenters. The smallest absolute Gasteiger partial charge is 0.137 e. The van der Waals surface area contributed by atoms with E-state index in [1.165, 1.54) is 21.8 Å². The Balaban J connectivity index is 1.34. The third-order valence-corrected chi connectivity index (χ3v) is 7.99. The van der Waals surface area contributed by atoms with Crippen LogP contribution in [0.25, 0.3) is 82.5 Å². The van der Waals surface area contributed by atoms with Crippen LogP contribution in [0.5, 0.6) is 0 Å². The molecule has 0 radical (unpaired) electrons. The maximum absolute atomic E-state index is 6.29. The summed E-state index contributed by atoms with van der Waals surface area (Å²) < 4.78 is 14.8. The van der Waals surface area contributed by atoms with Crippen molar-refractivity contribution >= 4 is 65.7 Å². The van der Waals surface area contributed by atoms with Gasteiger partial charge in [-0.2, -0.15) is 0 Å². The van der Waals surface area contributed by atoms with Gasteiger partial charge in [0.1, 0.15) is 22.3 Å². The molecule has 3 aromatic heterocycles. The standard InChI is InChI=1S/C36H21NO2/c1-4-13-30-25(10-1)27-17-19-34-35(28-12-3-6-15-32(28)39-34)36(27)37(30)24-9-7-8-22(20-24)23-16-18-33-29(21-23)26-11-2-5-14-31(26)38-33/h1-21H. The zero-order valence-electron chi connectivity index (χ0n) is 20.9. The molecule has 0 bridgehead atoms. The highest BCUT2D eigenvalue weighted by Crippen LogP contribution is 2.41. The van der Waals surface area contributed by atoms with Crippen LogP contribution in [0.1, 0.15) is 0 Å². The van der Waals surface area contributed by atoms with Crippen molar-refractivity contribution in [3.05, 3.63) is 127 Å². The fourth-order valence-corrected chi connectivity index (χ4v) is 6.26. The first kappa shape index (κ1) is 20.7. The number of aromatic nitrogens is 1. The zero-order valence-corrected chi connectivity index (χ0v) is 20.9. The van der Waals surface area contributed by atoms with Gasteiger partial charge in [-0.3, -0.25) is 0 Å². The lowest BCUT2D eigenvalue weighted by molar-refractivity contribution is 0.668. The van der Waals surface area contributed by atoms with E-state index >= 15 is 0 Å². The van der Waals surface area contributed by atoms with Crippen LogP contribution >= 0.6 is 0 Å². The van der Waals surface area contributed by atoms with E-state index in [4.69, 9.17) is 8.83 Å². The van der Waals surface area contributed by atoms with E-state index in [9.17, 15) is 0 Å². The van der Waals surface area contributed by atoms with Crippen molar-refractivity contribution in [2.24, 2.45) is 0 Å². The van der Waals surface area contributed by atoms with Gasteiger partial charge < -0.3 is 13.4 Å². The highest BCUT2D eigenvalue weighted by molar-refractivity contribution is 6.24. The van der Waals surface area contributed by atoms with E-state index in [0.29, 0.717) is 0 Å². The predicted molar refractivity (Wildman–Crippen MR) is 161 cm³/mol. The number of benzene rings is 6. The number of fused-ring (bicyclic) bond motifs is 10. The maximum atomic E-state index is 6.29. The average molecular weight is 500 g/mol. The molecule has 6 aromatic carbocycles. The van der Waals surface area contributed by atoms with Crippen LogP contribution in [0.4, 0.5) is 0 Å². The van der Waals surface area contributed by atoms with Crippen LogP contribution in [-0.4, -0.2) is 4.57 Å². The van der Waals surface area contributed by atoms with Crippen molar-refractivity contribution in [3.8, 4) is 16.8 Å². The van der Waals surface area contributed by atoms with Crippen molar-refractivity contribution in [2.75, 3.05) is 0 Å². The number of nitrogens with zero attached hydrogens (tertiary/aromatic N) is 1. The van der Waals surface area contributed by atoms with E-state index in [1.807, 2.05) is 24.3 Å². The summed E-state index contributed by atoms with van der Waals surface area (Å²) in [6.07, 6.45) is 0. The minimum absolute atomic E-state index is 0.904. The molecule has 3 heterocycles. The van der Waals surface area contributed by atoms with Gasteiger partial charge in [-0.15, -0.1) is 0 Å². The summed E-state index contributed by atoms with van der Waals surface area (Å²) in [5, 5.41) is 7.02. The fourth-order valence-electron chi connectivity index (χ4n) is 6.26. The van der Waals surface area contributed by atoms with E-state index in [0.717, 1.165) is 60.7 Å². The Labute approximate surface area is 223 Å². The Bertz CT molecular complexity index is 2400. The molecular formula is C36H21NO2. The average Bonchev–Trinajstić information content (AvgIpc) is 3.66. The molecule has 9 rings (SSSR count). The number of hydrogen-bond acceptors (Lipinski definition) is 2. The molecule has 9 aromatic rings. The molecule has 0 saturated carbocycles. The van der Waals surface area contributed by atoms with Gasteiger partial charge in [-0.05, 0) is 65.7 Å². The second-order valence-electron chi connectivity index (χ2n) is 10.1. The third-order valence-electron chi connectivity index (χ3n) is 7.99. The quantitative estimate of drug-likeness (QED) is 0.237. The largest absolute Gasteiger partial charge is 0.456 e. The summed E-state index contributed by atoms with van der Waals surface area (Å²) in [7, 11) is 0. The topological polar surface area (TPSA) is 31.2 Å². The normalized spacial score (nSPS) is 12.1. The van der Waals surface area contributed by atoms with Crippen LogP contribution in [0.15, 0.2) is 136 Å². The van der Waals surface area contributed by atoms with Gasteiger partial charge >= 0.3 is 0 Å². The molecule has 3 nitrogen and oxygen atoms in total. The second-order valence-corrected chi connectivity index (χ2v) is 10.1. The van der Waals surface area contributed by atoms with Crippen LogP contribution in [0, 0.1) is 0 Å². The first-order chi connectivity index (χ1) is 19.3. The first-order valence-electron chi connectivity index (χ1n) is 13.2. The molecule has 0 spiro atoms. The fraction of sp³-hybridized carbons (Fsp3) is 0. The molecule has 182 valence electrons. The molecule has 39 heavy (non-hydrogen) atoms. The zero-order chi connectivity index (χ0) is 25.5. The van der Waals surface area contributed by atoms with Crippen molar-refractivity contribution in [3.63, 3.8) is 0 Å². The molecule has 0 aliphatic rings. The van der Waals surface area contributed by atoms with Gasteiger partial charge in [0.2, 0.25) is 0 Å². The molecular weight excluding hydrogens is 478 g/mol. The molecule has 0 N–H and O–H groups in total. The Kier molecular flexibility index (Phi) is 4.05. The number of rotatable bonds is 2. The molecule has 0 atom stereocenters. The lowest BCUT2D eigenvalue weighted by Gasteiger charge is -2.11. The maximum Gasteiger partial charge on any atom is 0.137 e. The van der Waals surface area contributed by atoms with Crippen LogP contribution in [0.2, 0.25) is 0 Å². The molecule has 0 aliphatic carbocycles. The summed E-state index contributed by atoms with van der Waals surface area (Å²) in [5.74, 6) is 0. The Morgan fingerprint density at radius 2 is 1.08 bits per heavy atom. The second kappa shape index (κ2) is 7.62. The first-order valence-corrected chi connectivity index (χ1v) is 13.2. The summed E-state index contributed by atoms with van der Waals surface area (Å²) in [6, 6.07) is 44.8. The van der Waals surface area contributed by atoms with Crippen LogP contribution in [-0.2, 0) is 0 Å². The Morgan fingerprint density at radius 1 is 0.410 bits per heavy atom. The SMILES string of the molecule is c1cc(-c2ccc3oc4ccccc4c3c2)cc(-n2c3ccccc3c3ccc4oc5ccccc5c4c32)c1. The third kappa shape index (κ3) is 2.87. The van der Waals surface area contributed by atoms with Crippen molar-refractivity contribution in [2.45, 2.75) is 0 Å². The molecule has 0 fully saturated rings. The molecule has 3 heteroatoms. The summed E-state index contributed by atoms with van der Waals surface area (Å²) >= 11 is 0. The van der Waals surface area contributed by atoms with Gasteiger partial charge in [-0.1, -0.05) is 72.8 Å². The monoisotopic (exact) mass is 499 g/mol. The van der Waals surface area contributed by atoms with Crippen LogP contribution in [0.3, 0.4) is 0 Å². The van der Waals surface area contributed by atoms with E-state index < -0.39 is 0 Å². The van der Waals surface area contributed by atoms with Crippen LogP contribution < -0.4 is 0 Å². The molecule has 0 saturated heterocycles. The Morgan fingerprint density at radius 3 is 1.97 bits per heavy atom. The van der Waals surface area contributed by atoms with E-state index in [2.05, 4.69) is 108 Å². The minimum atomic E-state index is 0.904. The van der Waals surface area contributed by atoms with Crippen molar-refractivity contribution < 1.29 is 8.83 Å². The van der Waals surface area contributed by atoms with Gasteiger partial charge in [0.15, 0.2) is 0 Å². The molecule has 0 aliphatic heterocycles. The number of para-hydroxylation sites is 3. The number of furan rings is 2. The highest BCUT2D eigenvalue weighted by Gasteiger charge is 2.19. The predicted octanol–water partition coefficient (Wildman–Crippen LogP) is 10.2. The summed E-state index contributed by atoms with van der Waals surface area (Å²) in [5.41, 5.74) is 9.44. The van der Waals surface area contributed by atoms with Crippen molar-refractivity contribution in [1.29, 1.82) is 0 Å². The number of hydrogen-bond donors (Lipinski definition) is 0. The van der Waals surface area contributed by atoms with Gasteiger partial charge in [0.25, 0.3) is 0 Å². The van der Waals surface area contributed by atoms with Gasteiger partial charge in [0, 0.05) is 32.6 Å². The Hall–Kier alpha value is -5.28. The van der Waals surface area contributed by atoms with Crippen molar-refractivity contribution in [1.82, 2.24) is 4.57 Å². The van der Waals surface area contributed by atoms with Gasteiger partial charge in [0.05, 0.1) is 16.4 Å². The lowest BCUT2D eigenvalue weighted by Crippen LogP contribution is -1.94. The lowest BCUT2D eigenvalue weighted by atomic mass is 10.0. The van der Waals surface area contributed by atoms with E-state index in [-0.39, 0.29) is 0 Å². The summed E-state index contributed by atoms with van der Waals surface area (Å²) in [4.78, 5) is 0. The van der Waals surface area contributed by atoms with Gasteiger partial charge in [-0.25, -0.2) is 0 Å². The highest BCUT2D eigenvalue weighted by atomic mass is 16.3. The summed E-state index contributed by atoms with van der Waals surface area (Å²) in [6.45, 7) is 0.